The van der Waals surface area contributed by atoms with Crippen LogP contribution < -0.4 is 16.2 Å². The number of alkyl halides is 3. The topological polar surface area (TPSA) is 74.2 Å². The number of hydrogen-bond acceptors (Lipinski definition) is 4. The predicted octanol–water partition coefficient (Wildman–Crippen LogP) is 1.67. The van der Waals surface area contributed by atoms with E-state index in [1.165, 1.54) is 0 Å². The Balaban J connectivity index is 3.11. The molecule has 0 saturated carbocycles. The van der Waals surface area contributed by atoms with Crippen molar-refractivity contribution in [2.45, 2.75) is 12.9 Å². The van der Waals surface area contributed by atoms with E-state index in [9.17, 15) is 13.2 Å². The first kappa shape index (κ1) is 11.9. The van der Waals surface area contributed by atoms with E-state index in [2.05, 4.69) is 9.72 Å². The minimum absolute atomic E-state index is 0.0911. The summed E-state index contributed by atoms with van der Waals surface area (Å²) < 4.78 is 39.5. The van der Waals surface area contributed by atoms with Crippen molar-refractivity contribution in [1.82, 2.24) is 4.98 Å². The van der Waals surface area contributed by atoms with Crippen molar-refractivity contribution in [1.29, 1.82) is 0 Å². The Morgan fingerprint density at radius 3 is 2.53 bits per heavy atom. The van der Waals surface area contributed by atoms with Gasteiger partial charge in [-0.3, -0.25) is 0 Å². The minimum Gasteiger partial charge on any atom is -0.404 e. The van der Waals surface area contributed by atoms with Crippen LogP contribution in [0.2, 0.25) is 5.02 Å². The standard InChI is InChI=1S/C7H7ClF3N3O/c8-3-1-5(15-7(9,10)11)4(2-12)14-6(3)13/h1H,2,12H2,(H2,13,14). The Labute approximate surface area is 88.0 Å². The normalized spacial score (nSPS) is 11.5. The SMILES string of the molecule is NCc1nc(N)c(Cl)cc1OC(F)(F)F. The highest BCUT2D eigenvalue weighted by Gasteiger charge is 2.32. The van der Waals surface area contributed by atoms with Gasteiger partial charge in [-0.15, -0.1) is 13.2 Å². The van der Waals surface area contributed by atoms with Gasteiger partial charge in [0, 0.05) is 12.6 Å². The van der Waals surface area contributed by atoms with Gasteiger partial charge in [-0.1, -0.05) is 11.6 Å². The Morgan fingerprint density at radius 1 is 1.47 bits per heavy atom. The van der Waals surface area contributed by atoms with Crippen molar-refractivity contribution in [3.63, 3.8) is 0 Å². The zero-order valence-corrected chi connectivity index (χ0v) is 8.06. The summed E-state index contributed by atoms with van der Waals surface area (Å²) in [4.78, 5) is 3.57. The smallest absolute Gasteiger partial charge is 0.404 e. The zero-order valence-electron chi connectivity index (χ0n) is 7.31. The number of nitrogen functional groups attached to an aromatic ring is 1. The number of rotatable bonds is 2. The summed E-state index contributed by atoms with van der Waals surface area (Å²) in [6, 6.07) is 0.930. The molecule has 0 aromatic carbocycles. The van der Waals surface area contributed by atoms with Crippen molar-refractivity contribution in [2.75, 3.05) is 5.73 Å². The maximum absolute atomic E-state index is 11.9. The highest BCUT2D eigenvalue weighted by molar-refractivity contribution is 6.32. The zero-order chi connectivity index (χ0) is 11.6. The van der Waals surface area contributed by atoms with Crippen molar-refractivity contribution < 1.29 is 17.9 Å². The van der Waals surface area contributed by atoms with E-state index in [1.807, 2.05) is 0 Å². The fraction of sp³-hybridized carbons (Fsp3) is 0.286. The molecule has 0 atom stereocenters. The number of halogens is 4. The molecule has 0 bridgehead atoms. The summed E-state index contributed by atoms with van der Waals surface area (Å²) in [5, 5.41) is -0.119. The van der Waals surface area contributed by atoms with Crippen molar-refractivity contribution in [2.24, 2.45) is 5.73 Å². The molecule has 0 spiro atoms. The number of ether oxygens (including phenoxy) is 1. The third-order valence-corrected chi connectivity index (χ3v) is 1.76. The third-order valence-electron chi connectivity index (χ3n) is 1.46. The first-order chi connectivity index (χ1) is 6.83. The average molecular weight is 242 g/mol. The van der Waals surface area contributed by atoms with Crippen LogP contribution in [0, 0.1) is 0 Å². The van der Waals surface area contributed by atoms with E-state index < -0.39 is 12.1 Å². The molecule has 1 heterocycles. The van der Waals surface area contributed by atoms with Crippen LogP contribution in [0.4, 0.5) is 19.0 Å². The Morgan fingerprint density at radius 2 is 2.07 bits per heavy atom. The molecule has 0 aliphatic carbocycles. The molecule has 0 aliphatic heterocycles. The van der Waals surface area contributed by atoms with Gasteiger partial charge in [-0.2, -0.15) is 0 Å². The van der Waals surface area contributed by atoms with Crippen molar-refractivity contribution in [3.05, 3.63) is 16.8 Å². The Bertz CT molecular complexity index is 369. The molecule has 0 radical (unpaired) electrons. The molecular weight excluding hydrogens is 235 g/mol. The van der Waals surface area contributed by atoms with Crippen LogP contribution in [0.1, 0.15) is 5.69 Å². The number of anilines is 1. The summed E-state index contributed by atoms with van der Waals surface area (Å²) in [6.07, 6.45) is -4.81. The molecule has 4 N–H and O–H groups in total. The predicted molar refractivity (Wildman–Crippen MR) is 48.2 cm³/mol. The first-order valence-electron chi connectivity index (χ1n) is 3.74. The largest absolute Gasteiger partial charge is 0.573 e. The van der Waals surface area contributed by atoms with Gasteiger partial charge in [0.05, 0.1) is 10.7 Å². The van der Waals surface area contributed by atoms with Gasteiger partial charge in [-0.05, 0) is 0 Å². The van der Waals surface area contributed by atoms with E-state index in [0.29, 0.717) is 0 Å². The van der Waals surface area contributed by atoms with Crippen molar-refractivity contribution in [3.8, 4) is 5.75 Å². The highest BCUT2D eigenvalue weighted by Crippen LogP contribution is 2.30. The summed E-state index contributed by atoms with van der Waals surface area (Å²) in [5.74, 6) is -0.629. The molecule has 0 saturated heterocycles. The first-order valence-corrected chi connectivity index (χ1v) is 4.12. The van der Waals surface area contributed by atoms with E-state index >= 15 is 0 Å². The second kappa shape index (κ2) is 4.11. The van der Waals surface area contributed by atoms with E-state index in [1.54, 1.807) is 0 Å². The molecule has 0 unspecified atom stereocenters. The van der Waals surface area contributed by atoms with Gasteiger partial charge in [-0.25, -0.2) is 4.98 Å². The lowest BCUT2D eigenvalue weighted by Gasteiger charge is -2.12. The number of nitrogens with zero attached hydrogens (tertiary/aromatic N) is 1. The Kier molecular flexibility index (Phi) is 3.25. The quantitative estimate of drug-likeness (QED) is 0.826. The highest BCUT2D eigenvalue weighted by atomic mass is 35.5. The van der Waals surface area contributed by atoms with Gasteiger partial charge < -0.3 is 16.2 Å². The van der Waals surface area contributed by atoms with Gasteiger partial charge in [0.2, 0.25) is 0 Å². The lowest BCUT2D eigenvalue weighted by Crippen LogP contribution is -2.19. The maximum Gasteiger partial charge on any atom is 0.573 e. The van der Waals surface area contributed by atoms with Crippen molar-refractivity contribution >= 4 is 17.4 Å². The number of pyridine rings is 1. The van der Waals surface area contributed by atoms with Gasteiger partial charge in [0.15, 0.2) is 5.75 Å². The fourth-order valence-corrected chi connectivity index (χ4v) is 1.03. The van der Waals surface area contributed by atoms with E-state index in [4.69, 9.17) is 23.1 Å². The molecule has 0 amide bonds. The molecular formula is C7H7ClF3N3O. The molecule has 8 heteroatoms. The maximum atomic E-state index is 11.9. The van der Waals surface area contributed by atoms with Crippen LogP contribution in [0.15, 0.2) is 6.07 Å². The number of hydrogen-bond donors (Lipinski definition) is 2. The molecule has 1 rings (SSSR count). The van der Waals surface area contributed by atoms with Gasteiger partial charge >= 0.3 is 6.36 Å². The second-order valence-corrected chi connectivity index (χ2v) is 2.96. The van der Waals surface area contributed by atoms with Crippen LogP contribution in [0.25, 0.3) is 0 Å². The van der Waals surface area contributed by atoms with Crippen LogP contribution >= 0.6 is 11.6 Å². The van der Waals surface area contributed by atoms with Crippen LogP contribution in [-0.4, -0.2) is 11.3 Å². The molecule has 15 heavy (non-hydrogen) atoms. The molecule has 0 fully saturated rings. The van der Waals surface area contributed by atoms with E-state index in [-0.39, 0.29) is 23.1 Å². The summed E-state index contributed by atoms with van der Waals surface area (Å²) in [7, 11) is 0. The van der Waals surface area contributed by atoms with Crippen LogP contribution in [0.3, 0.4) is 0 Å². The molecule has 84 valence electrons. The average Bonchev–Trinajstić information content (AvgIpc) is 2.08. The molecule has 1 aromatic heterocycles. The summed E-state index contributed by atoms with van der Waals surface area (Å²) in [6.45, 7) is -0.229. The lowest BCUT2D eigenvalue weighted by atomic mass is 10.3. The van der Waals surface area contributed by atoms with E-state index in [0.717, 1.165) is 6.07 Å². The Hall–Kier alpha value is -1.21. The summed E-state index contributed by atoms with van der Waals surface area (Å²) >= 11 is 5.50. The lowest BCUT2D eigenvalue weighted by molar-refractivity contribution is -0.275. The number of nitrogens with two attached hydrogens (primary N) is 2. The molecule has 1 aromatic rings. The minimum atomic E-state index is -4.81. The molecule has 0 aliphatic rings. The monoisotopic (exact) mass is 241 g/mol. The summed E-state index contributed by atoms with van der Waals surface area (Å²) in [5.41, 5.74) is 10.4. The fourth-order valence-electron chi connectivity index (χ4n) is 0.886. The second-order valence-electron chi connectivity index (χ2n) is 2.55. The third kappa shape index (κ3) is 3.14. The van der Waals surface area contributed by atoms with Crippen LogP contribution in [0.5, 0.6) is 5.75 Å². The molecule has 4 nitrogen and oxygen atoms in total. The number of aromatic nitrogens is 1. The van der Waals surface area contributed by atoms with Gasteiger partial charge in [0.25, 0.3) is 0 Å². The van der Waals surface area contributed by atoms with Gasteiger partial charge in [0.1, 0.15) is 5.82 Å². The van der Waals surface area contributed by atoms with Crippen LogP contribution in [-0.2, 0) is 6.54 Å².